The number of hydrogen-bond donors (Lipinski definition) is 3. The van der Waals surface area contributed by atoms with Crippen molar-refractivity contribution in [2.24, 2.45) is 10.4 Å². The second-order valence-electron chi connectivity index (χ2n) is 7.39. The second kappa shape index (κ2) is 9.38. The first-order chi connectivity index (χ1) is 11.6. The first-order valence-electron chi connectivity index (χ1n) is 8.54. The van der Waals surface area contributed by atoms with E-state index in [0.29, 0.717) is 25.5 Å². The molecule has 9 heteroatoms. The number of carbonyl (C=O) groups is 1. The quantitative estimate of drug-likeness (QED) is 0.423. The minimum Gasteiger partial charge on any atom is -0.379 e. The number of hydrogen-bond acceptors (Lipinski definition) is 5. The zero-order chi connectivity index (χ0) is 19.1. The summed E-state index contributed by atoms with van der Waals surface area (Å²) in [6.45, 7) is 7.33. The molecule has 0 aromatic carbocycles. The van der Waals surface area contributed by atoms with Crippen LogP contribution in [0.2, 0.25) is 0 Å². The predicted octanol–water partition coefficient (Wildman–Crippen LogP) is -0.0941. The van der Waals surface area contributed by atoms with E-state index in [0.717, 1.165) is 0 Å². The number of rotatable bonds is 7. The van der Waals surface area contributed by atoms with Crippen LogP contribution in [0.5, 0.6) is 0 Å². The van der Waals surface area contributed by atoms with Gasteiger partial charge in [0.15, 0.2) is 15.8 Å². The number of ether oxygens (including phenoxy) is 1. The lowest BCUT2D eigenvalue weighted by atomic mass is 9.89. The van der Waals surface area contributed by atoms with Gasteiger partial charge in [-0.1, -0.05) is 20.8 Å². The summed E-state index contributed by atoms with van der Waals surface area (Å²) < 4.78 is 28.3. The smallest absolute Gasteiger partial charge is 0.222 e. The van der Waals surface area contributed by atoms with Crippen LogP contribution >= 0.6 is 0 Å². The molecule has 1 saturated heterocycles. The third-order valence-corrected chi connectivity index (χ3v) is 5.94. The highest BCUT2D eigenvalue weighted by Crippen LogP contribution is 2.20. The average Bonchev–Trinajstić information content (AvgIpc) is 2.83. The topological polar surface area (TPSA) is 109 Å². The van der Waals surface area contributed by atoms with Crippen LogP contribution in [0.15, 0.2) is 4.99 Å². The lowest BCUT2D eigenvalue weighted by molar-refractivity contribution is -0.121. The molecule has 1 aliphatic heterocycles. The first kappa shape index (κ1) is 21.7. The standard InChI is InChI=1S/C16H32N4O4S/c1-16(2,3)13(24-5)10-19-15(17-4)18-8-6-14(21)20-12-7-9-25(22,23)11-12/h12-13H,6-11H2,1-5H3,(H,20,21)(H2,17,18,19). The summed E-state index contributed by atoms with van der Waals surface area (Å²) in [5, 5.41) is 9.03. The Balaban J connectivity index is 2.30. The molecule has 1 heterocycles. The molecule has 3 N–H and O–H groups in total. The summed E-state index contributed by atoms with van der Waals surface area (Å²) >= 11 is 0. The fraction of sp³-hybridized carbons (Fsp3) is 0.875. The monoisotopic (exact) mass is 376 g/mol. The molecule has 0 radical (unpaired) electrons. The Morgan fingerprint density at radius 3 is 2.48 bits per heavy atom. The van der Waals surface area contributed by atoms with E-state index in [9.17, 15) is 13.2 Å². The molecule has 0 aliphatic carbocycles. The van der Waals surface area contributed by atoms with E-state index < -0.39 is 9.84 Å². The SMILES string of the molecule is CN=C(NCCC(=O)NC1CCS(=O)(=O)C1)NCC(OC)C(C)(C)C. The van der Waals surface area contributed by atoms with Gasteiger partial charge < -0.3 is 20.7 Å². The molecule has 1 fully saturated rings. The van der Waals surface area contributed by atoms with Crippen molar-refractivity contribution < 1.29 is 17.9 Å². The minimum absolute atomic E-state index is 0.00209. The maximum atomic E-state index is 11.9. The summed E-state index contributed by atoms with van der Waals surface area (Å²) in [6.07, 6.45) is 0.777. The second-order valence-corrected chi connectivity index (χ2v) is 9.62. The van der Waals surface area contributed by atoms with E-state index in [-0.39, 0.29) is 41.4 Å². The highest BCUT2D eigenvalue weighted by atomic mass is 32.2. The molecule has 1 rings (SSSR count). The number of amides is 1. The van der Waals surface area contributed by atoms with Crippen LogP contribution in [0, 0.1) is 5.41 Å². The highest BCUT2D eigenvalue weighted by Gasteiger charge is 2.28. The van der Waals surface area contributed by atoms with Gasteiger partial charge in [-0.05, 0) is 11.8 Å². The van der Waals surface area contributed by atoms with Crippen LogP contribution in [0.25, 0.3) is 0 Å². The Hall–Kier alpha value is -1.35. The van der Waals surface area contributed by atoms with Crippen molar-refractivity contribution in [1.82, 2.24) is 16.0 Å². The summed E-state index contributed by atoms with van der Waals surface area (Å²) in [7, 11) is 0.366. The zero-order valence-corrected chi connectivity index (χ0v) is 16.7. The fourth-order valence-corrected chi connectivity index (χ4v) is 4.33. The molecule has 25 heavy (non-hydrogen) atoms. The Kier molecular flexibility index (Phi) is 8.14. The summed E-state index contributed by atoms with van der Waals surface area (Å²) in [4.78, 5) is 16.0. The van der Waals surface area contributed by atoms with Crippen LogP contribution in [0.3, 0.4) is 0 Å². The zero-order valence-electron chi connectivity index (χ0n) is 15.9. The number of nitrogens with one attached hydrogen (secondary N) is 3. The van der Waals surface area contributed by atoms with Crippen molar-refractivity contribution in [3.05, 3.63) is 0 Å². The van der Waals surface area contributed by atoms with Crippen molar-refractivity contribution in [2.45, 2.75) is 45.8 Å². The van der Waals surface area contributed by atoms with Gasteiger partial charge in [0, 0.05) is 39.7 Å². The van der Waals surface area contributed by atoms with Gasteiger partial charge in [-0.25, -0.2) is 8.42 Å². The van der Waals surface area contributed by atoms with E-state index in [1.165, 1.54) is 0 Å². The maximum absolute atomic E-state index is 11.9. The summed E-state index contributed by atoms with van der Waals surface area (Å²) in [6, 6.07) is -0.260. The normalized spacial score (nSPS) is 21.6. The molecule has 1 aliphatic rings. The number of aliphatic imine (C=N–C) groups is 1. The van der Waals surface area contributed by atoms with Gasteiger partial charge in [-0.2, -0.15) is 0 Å². The molecular formula is C16H32N4O4S. The molecule has 0 spiro atoms. The first-order valence-corrected chi connectivity index (χ1v) is 10.4. The van der Waals surface area contributed by atoms with E-state index >= 15 is 0 Å². The lowest BCUT2D eigenvalue weighted by Gasteiger charge is -2.30. The van der Waals surface area contributed by atoms with Gasteiger partial charge in [0.25, 0.3) is 0 Å². The Morgan fingerprint density at radius 1 is 1.32 bits per heavy atom. The van der Waals surface area contributed by atoms with E-state index in [2.05, 4.69) is 41.7 Å². The third-order valence-electron chi connectivity index (χ3n) is 4.17. The van der Waals surface area contributed by atoms with E-state index in [1.807, 2.05) is 0 Å². The Morgan fingerprint density at radius 2 is 2.00 bits per heavy atom. The number of nitrogens with zero attached hydrogens (tertiary/aromatic N) is 1. The molecule has 0 bridgehead atoms. The van der Waals surface area contributed by atoms with Crippen molar-refractivity contribution in [2.75, 3.05) is 38.8 Å². The average molecular weight is 377 g/mol. The molecule has 0 saturated carbocycles. The van der Waals surface area contributed by atoms with Crippen molar-refractivity contribution in [3.8, 4) is 0 Å². The van der Waals surface area contributed by atoms with Gasteiger partial charge >= 0.3 is 0 Å². The molecule has 2 unspecified atom stereocenters. The summed E-state index contributed by atoms with van der Waals surface area (Å²) in [5.74, 6) is 0.638. The minimum atomic E-state index is -2.98. The van der Waals surface area contributed by atoms with Crippen LogP contribution in [-0.2, 0) is 19.4 Å². The van der Waals surface area contributed by atoms with Crippen LogP contribution in [0.4, 0.5) is 0 Å². The van der Waals surface area contributed by atoms with Gasteiger partial charge in [0.05, 0.1) is 17.6 Å². The fourth-order valence-electron chi connectivity index (χ4n) is 2.66. The molecule has 1 amide bonds. The molecule has 0 aromatic heterocycles. The van der Waals surface area contributed by atoms with Gasteiger partial charge in [0.1, 0.15) is 0 Å². The summed E-state index contributed by atoms with van der Waals surface area (Å²) in [5.41, 5.74) is 0.00209. The Labute approximate surface area is 151 Å². The van der Waals surface area contributed by atoms with E-state index in [1.54, 1.807) is 14.2 Å². The maximum Gasteiger partial charge on any atom is 0.222 e. The van der Waals surface area contributed by atoms with Crippen LogP contribution in [-0.4, -0.2) is 71.2 Å². The number of sulfone groups is 1. The number of carbonyl (C=O) groups excluding carboxylic acids is 1. The number of methoxy groups -OCH3 is 1. The lowest BCUT2D eigenvalue weighted by Crippen LogP contribution is -2.46. The predicted molar refractivity (Wildman–Crippen MR) is 99.4 cm³/mol. The van der Waals surface area contributed by atoms with Crippen molar-refractivity contribution in [1.29, 1.82) is 0 Å². The molecule has 146 valence electrons. The largest absolute Gasteiger partial charge is 0.379 e. The third kappa shape index (κ3) is 8.04. The molecule has 8 nitrogen and oxygen atoms in total. The van der Waals surface area contributed by atoms with Gasteiger partial charge in [-0.3, -0.25) is 9.79 Å². The highest BCUT2D eigenvalue weighted by molar-refractivity contribution is 7.91. The molecular weight excluding hydrogens is 344 g/mol. The van der Waals surface area contributed by atoms with Crippen molar-refractivity contribution >= 4 is 21.7 Å². The van der Waals surface area contributed by atoms with E-state index in [4.69, 9.17) is 4.74 Å². The number of guanidine groups is 1. The Bertz CT molecular complexity index is 569. The van der Waals surface area contributed by atoms with Crippen molar-refractivity contribution in [3.63, 3.8) is 0 Å². The molecule has 0 aromatic rings. The van der Waals surface area contributed by atoms with Crippen LogP contribution in [0.1, 0.15) is 33.6 Å². The van der Waals surface area contributed by atoms with Gasteiger partial charge in [0.2, 0.25) is 5.91 Å². The van der Waals surface area contributed by atoms with Gasteiger partial charge in [-0.15, -0.1) is 0 Å². The van der Waals surface area contributed by atoms with Crippen LogP contribution < -0.4 is 16.0 Å². The molecule has 2 atom stereocenters.